The van der Waals surface area contributed by atoms with E-state index in [-0.39, 0.29) is 11.8 Å². The van der Waals surface area contributed by atoms with Gasteiger partial charge in [-0.1, -0.05) is 0 Å². The average molecular weight is 317 g/mol. The summed E-state index contributed by atoms with van der Waals surface area (Å²) in [6.07, 6.45) is 4.62. The largest absolute Gasteiger partial charge is 0.466 e. The molecule has 0 spiro atoms. The molecule has 124 valence electrons. The van der Waals surface area contributed by atoms with E-state index in [4.69, 9.17) is 4.42 Å². The summed E-state index contributed by atoms with van der Waals surface area (Å²) in [5.74, 6) is 2.03. The smallest absolute Gasteiger partial charge is 0.257 e. The molecule has 0 radical (unpaired) electrons. The number of furan rings is 1. The van der Waals surface area contributed by atoms with E-state index >= 15 is 0 Å². The molecule has 6 nitrogen and oxygen atoms in total. The van der Waals surface area contributed by atoms with Crippen molar-refractivity contribution in [3.05, 3.63) is 41.4 Å². The van der Waals surface area contributed by atoms with E-state index in [0.717, 1.165) is 18.6 Å². The number of aliphatic hydroxyl groups excluding tert-OH is 1. The topological polar surface area (TPSA) is 71.5 Å². The summed E-state index contributed by atoms with van der Waals surface area (Å²) in [6, 6.07) is 1.79. The Kier molecular flexibility index (Phi) is 4.26. The molecule has 23 heavy (non-hydrogen) atoms. The van der Waals surface area contributed by atoms with E-state index in [1.807, 2.05) is 36.6 Å². The van der Waals surface area contributed by atoms with Crippen LogP contribution in [0.25, 0.3) is 0 Å². The molecular weight excluding hydrogens is 294 g/mol. The highest BCUT2D eigenvalue weighted by Gasteiger charge is 2.32. The van der Waals surface area contributed by atoms with Gasteiger partial charge in [0.05, 0.1) is 5.56 Å². The van der Waals surface area contributed by atoms with E-state index in [2.05, 4.69) is 4.98 Å². The van der Waals surface area contributed by atoms with Crippen molar-refractivity contribution in [3.8, 4) is 0 Å². The van der Waals surface area contributed by atoms with Gasteiger partial charge in [-0.3, -0.25) is 4.79 Å². The Hall–Kier alpha value is -2.08. The van der Waals surface area contributed by atoms with Crippen LogP contribution in [0.15, 0.2) is 22.9 Å². The van der Waals surface area contributed by atoms with E-state index in [9.17, 15) is 9.90 Å². The summed E-state index contributed by atoms with van der Waals surface area (Å²) < 4.78 is 7.29. The first-order valence-corrected chi connectivity index (χ1v) is 7.99. The number of piperidine rings is 1. The fourth-order valence-electron chi connectivity index (χ4n) is 3.34. The van der Waals surface area contributed by atoms with Gasteiger partial charge in [0.1, 0.15) is 23.4 Å². The van der Waals surface area contributed by atoms with Crippen LogP contribution in [0.4, 0.5) is 0 Å². The minimum absolute atomic E-state index is 0.00195. The number of aliphatic hydroxyl groups is 1. The Morgan fingerprint density at radius 3 is 2.87 bits per heavy atom. The zero-order valence-corrected chi connectivity index (χ0v) is 13.8. The van der Waals surface area contributed by atoms with Crippen LogP contribution in [-0.4, -0.2) is 38.6 Å². The fraction of sp³-hybridized carbons (Fsp3) is 0.529. The highest BCUT2D eigenvalue weighted by molar-refractivity contribution is 5.95. The summed E-state index contributed by atoms with van der Waals surface area (Å²) in [6.45, 7) is 4.90. The number of likely N-dealkylation sites (tertiary alicyclic amines) is 1. The summed E-state index contributed by atoms with van der Waals surface area (Å²) >= 11 is 0. The minimum Gasteiger partial charge on any atom is -0.466 e. The highest BCUT2D eigenvalue weighted by atomic mass is 16.3. The van der Waals surface area contributed by atoms with Gasteiger partial charge >= 0.3 is 0 Å². The maximum Gasteiger partial charge on any atom is 0.257 e. The van der Waals surface area contributed by atoms with Crippen molar-refractivity contribution in [1.29, 1.82) is 0 Å². The Morgan fingerprint density at radius 1 is 1.48 bits per heavy atom. The number of amides is 1. The molecule has 1 aliphatic rings. The molecule has 0 aliphatic carbocycles. The van der Waals surface area contributed by atoms with Crippen LogP contribution in [-0.2, 0) is 7.05 Å². The van der Waals surface area contributed by atoms with Gasteiger partial charge in [-0.05, 0) is 32.8 Å². The lowest BCUT2D eigenvalue weighted by Crippen LogP contribution is -2.42. The molecule has 1 aliphatic heterocycles. The van der Waals surface area contributed by atoms with Crippen LogP contribution in [0.5, 0.6) is 0 Å². The summed E-state index contributed by atoms with van der Waals surface area (Å²) in [5, 5.41) is 10.6. The second kappa shape index (κ2) is 6.20. The molecule has 1 fully saturated rings. The van der Waals surface area contributed by atoms with Gasteiger partial charge in [0.15, 0.2) is 0 Å². The molecule has 3 rings (SSSR count). The lowest BCUT2D eigenvalue weighted by molar-refractivity contribution is 0.0357. The number of rotatable bonds is 3. The van der Waals surface area contributed by atoms with Gasteiger partial charge in [-0.2, -0.15) is 0 Å². The second-order valence-corrected chi connectivity index (χ2v) is 6.32. The number of aryl methyl sites for hydroxylation is 3. The monoisotopic (exact) mass is 317 g/mol. The summed E-state index contributed by atoms with van der Waals surface area (Å²) in [5.41, 5.74) is 0.620. The molecule has 2 atom stereocenters. The van der Waals surface area contributed by atoms with Gasteiger partial charge in [0, 0.05) is 38.4 Å². The molecule has 2 aromatic heterocycles. The number of imidazole rings is 1. The van der Waals surface area contributed by atoms with Crippen molar-refractivity contribution in [2.75, 3.05) is 13.1 Å². The molecule has 1 saturated heterocycles. The lowest BCUT2D eigenvalue weighted by atomic mass is 9.91. The lowest BCUT2D eigenvalue weighted by Gasteiger charge is -2.34. The number of nitrogens with zero attached hydrogens (tertiary/aromatic N) is 3. The Balaban J connectivity index is 1.74. The van der Waals surface area contributed by atoms with Crippen molar-refractivity contribution in [2.45, 2.75) is 32.8 Å². The number of hydrogen-bond acceptors (Lipinski definition) is 4. The molecular formula is C17H23N3O3. The first kappa shape index (κ1) is 15.8. The number of carbonyl (C=O) groups is 1. The van der Waals surface area contributed by atoms with E-state index in [1.165, 1.54) is 0 Å². The van der Waals surface area contributed by atoms with E-state index in [0.29, 0.717) is 30.2 Å². The van der Waals surface area contributed by atoms with E-state index in [1.54, 1.807) is 12.3 Å². The Morgan fingerprint density at radius 2 is 2.26 bits per heavy atom. The zero-order valence-electron chi connectivity index (χ0n) is 13.8. The third-order valence-electron chi connectivity index (χ3n) is 4.59. The van der Waals surface area contributed by atoms with Crippen LogP contribution in [0, 0.1) is 19.8 Å². The molecule has 0 bridgehead atoms. The molecule has 2 aromatic rings. The van der Waals surface area contributed by atoms with Crippen molar-refractivity contribution in [3.63, 3.8) is 0 Å². The molecule has 1 N–H and O–H groups in total. The fourth-order valence-corrected chi connectivity index (χ4v) is 3.34. The molecule has 6 heteroatoms. The third-order valence-corrected chi connectivity index (χ3v) is 4.59. The van der Waals surface area contributed by atoms with Crippen LogP contribution in [0.3, 0.4) is 0 Å². The van der Waals surface area contributed by atoms with Gasteiger partial charge in [-0.15, -0.1) is 0 Å². The SMILES string of the molecule is Cc1cc(C(=O)N2CCCC(C(O)c3nccn3C)C2)c(C)o1. The van der Waals surface area contributed by atoms with Gasteiger partial charge in [0.25, 0.3) is 5.91 Å². The molecule has 2 unspecified atom stereocenters. The van der Waals surface area contributed by atoms with Crippen LogP contribution < -0.4 is 0 Å². The maximum atomic E-state index is 12.7. The standard InChI is InChI=1S/C17H23N3O3/c1-11-9-14(12(2)23-11)17(22)20-7-4-5-13(10-20)15(21)16-18-6-8-19(16)3/h6,8-9,13,15,21H,4-5,7,10H2,1-3H3. The summed E-state index contributed by atoms with van der Waals surface area (Å²) in [4.78, 5) is 18.8. The second-order valence-electron chi connectivity index (χ2n) is 6.32. The first-order chi connectivity index (χ1) is 11.0. The zero-order chi connectivity index (χ0) is 16.6. The highest BCUT2D eigenvalue weighted by Crippen LogP contribution is 2.30. The normalized spacial score (nSPS) is 19.8. The van der Waals surface area contributed by atoms with Crippen molar-refractivity contribution in [1.82, 2.24) is 14.5 Å². The average Bonchev–Trinajstić information content (AvgIpc) is 3.11. The predicted molar refractivity (Wildman–Crippen MR) is 85.0 cm³/mol. The van der Waals surface area contributed by atoms with Crippen LogP contribution in [0.2, 0.25) is 0 Å². The van der Waals surface area contributed by atoms with Gasteiger partial charge in [0.2, 0.25) is 0 Å². The first-order valence-electron chi connectivity index (χ1n) is 7.99. The van der Waals surface area contributed by atoms with Crippen molar-refractivity contribution >= 4 is 5.91 Å². The molecule has 3 heterocycles. The summed E-state index contributed by atoms with van der Waals surface area (Å²) in [7, 11) is 1.87. The van der Waals surface area contributed by atoms with Crippen LogP contribution >= 0.6 is 0 Å². The van der Waals surface area contributed by atoms with E-state index < -0.39 is 6.10 Å². The molecule has 1 amide bonds. The minimum atomic E-state index is -0.655. The van der Waals surface area contributed by atoms with Gasteiger partial charge < -0.3 is 19.0 Å². The predicted octanol–water partition coefficient (Wildman–Crippen LogP) is 2.22. The Labute approximate surface area is 135 Å². The number of hydrogen-bond donors (Lipinski definition) is 1. The maximum absolute atomic E-state index is 12.7. The quantitative estimate of drug-likeness (QED) is 0.942. The molecule has 0 saturated carbocycles. The third kappa shape index (κ3) is 3.03. The van der Waals surface area contributed by atoms with Gasteiger partial charge in [-0.25, -0.2) is 4.98 Å². The number of aromatic nitrogens is 2. The van der Waals surface area contributed by atoms with Crippen molar-refractivity contribution in [2.24, 2.45) is 13.0 Å². The Bertz CT molecular complexity index is 704. The molecule has 0 aromatic carbocycles. The van der Waals surface area contributed by atoms with Crippen molar-refractivity contribution < 1.29 is 14.3 Å². The van der Waals surface area contributed by atoms with Crippen LogP contribution in [0.1, 0.15) is 46.6 Å². The number of carbonyl (C=O) groups excluding carboxylic acids is 1.